The number of nitrogens with one attached hydrogen (secondary N) is 2. The number of nitrogens with two attached hydrogens (primary N) is 1. The highest BCUT2D eigenvalue weighted by atomic mass is 32.2. The summed E-state index contributed by atoms with van der Waals surface area (Å²) in [4.78, 5) is 3.92. The van der Waals surface area contributed by atoms with Gasteiger partial charge in [-0.05, 0) is 24.3 Å². The van der Waals surface area contributed by atoms with E-state index in [1.807, 2.05) is 0 Å². The lowest BCUT2D eigenvalue weighted by Crippen LogP contribution is -2.18. The van der Waals surface area contributed by atoms with Crippen LogP contribution < -0.4 is 16.0 Å². The summed E-state index contributed by atoms with van der Waals surface area (Å²) in [6.07, 6.45) is 2.43. The van der Waals surface area contributed by atoms with Gasteiger partial charge in [0.05, 0.1) is 11.9 Å². The maximum absolute atomic E-state index is 10.9. The predicted octanol–water partition coefficient (Wildman–Crippen LogP) is 0.181. The highest BCUT2D eigenvalue weighted by Crippen LogP contribution is 2.16. The van der Waals surface area contributed by atoms with E-state index in [1.54, 1.807) is 24.3 Å². The number of rotatable bonds is 4. The van der Waals surface area contributed by atoms with Crippen molar-refractivity contribution in [3.8, 4) is 0 Å². The maximum Gasteiger partial charge on any atom is 0.229 e. The summed E-state index contributed by atoms with van der Waals surface area (Å²) in [5.74, 6) is 5.00. The summed E-state index contributed by atoms with van der Waals surface area (Å²) in [5, 5.41) is 0. The lowest BCUT2D eigenvalue weighted by molar-refractivity contribution is 0.607. The average Bonchev–Trinajstić information content (AvgIpc) is 2.14. The number of sulfonamides is 1. The molecule has 0 heterocycles. The van der Waals surface area contributed by atoms with E-state index in [2.05, 4.69) is 15.1 Å². The molecular formula is C8H12N4O2S. The first-order chi connectivity index (χ1) is 7.01. The van der Waals surface area contributed by atoms with E-state index in [-0.39, 0.29) is 0 Å². The molecular weight excluding hydrogens is 216 g/mol. The second-order valence-corrected chi connectivity index (χ2v) is 4.59. The number of hydrogen-bond acceptors (Lipinski definition) is 4. The standard InChI is InChI=1S/C8H12N4O2S/c1-15(13,14)12-8-4-2-7(3-5-8)10-6-11-9/h2-6,12H,9H2,1H3,(H,10,11). The molecule has 1 rings (SSSR count). The van der Waals surface area contributed by atoms with Gasteiger partial charge < -0.3 is 5.43 Å². The van der Waals surface area contributed by atoms with Crippen molar-refractivity contribution in [1.82, 2.24) is 5.43 Å². The highest BCUT2D eigenvalue weighted by Gasteiger charge is 2.00. The number of benzene rings is 1. The van der Waals surface area contributed by atoms with Crippen LogP contribution in [-0.2, 0) is 10.0 Å². The van der Waals surface area contributed by atoms with Crippen LogP contribution in [0.2, 0.25) is 0 Å². The molecule has 7 heteroatoms. The lowest BCUT2D eigenvalue weighted by atomic mass is 10.3. The van der Waals surface area contributed by atoms with Crippen LogP contribution in [0.1, 0.15) is 0 Å². The fourth-order valence-corrected chi connectivity index (χ4v) is 1.51. The van der Waals surface area contributed by atoms with Crippen LogP contribution >= 0.6 is 0 Å². The first kappa shape index (κ1) is 11.5. The summed E-state index contributed by atoms with van der Waals surface area (Å²) in [7, 11) is -3.23. The molecule has 0 spiro atoms. The molecule has 0 radical (unpaired) electrons. The normalized spacial score (nSPS) is 11.6. The zero-order valence-electron chi connectivity index (χ0n) is 8.14. The third-order valence-electron chi connectivity index (χ3n) is 1.46. The van der Waals surface area contributed by atoms with Crippen LogP contribution in [0.3, 0.4) is 0 Å². The van der Waals surface area contributed by atoms with Crippen molar-refractivity contribution in [2.45, 2.75) is 0 Å². The Kier molecular flexibility index (Phi) is 3.64. The van der Waals surface area contributed by atoms with Gasteiger partial charge in [0.15, 0.2) is 0 Å². The quantitative estimate of drug-likeness (QED) is 0.296. The number of hydrazine groups is 1. The van der Waals surface area contributed by atoms with Gasteiger partial charge in [0, 0.05) is 5.69 Å². The van der Waals surface area contributed by atoms with E-state index < -0.39 is 10.0 Å². The molecule has 82 valence electrons. The molecule has 0 aliphatic rings. The Balaban J connectivity index is 2.77. The SMILES string of the molecule is CS(=O)(=O)Nc1ccc(N=CNN)cc1. The van der Waals surface area contributed by atoms with Crippen molar-refractivity contribution in [2.75, 3.05) is 11.0 Å². The van der Waals surface area contributed by atoms with Gasteiger partial charge >= 0.3 is 0 Å². The Labute approximate surface area is 88.2 Å². The van der Waals surface area contributed by atoms with Crippen LogP contribution in [0.5, 0.6) is 0 Å². The van der Waals surface area contributed by atoms with Crippen LogP contribution in [0.15, 0.2) is 29.3 Å². The molecule has 0 fully saturated rings. The minimum Gasteiger partial charge on any atom is -0.315 e. The summed E-state index contributed by atoms with van der Waals surface area (Å²) in [6, 6.07) is 6.57. The fraction of sp³-hybridized carbons (Fsp3) is 0.125. The van der Waals surface area contributed by atoms with Gasteiger partial charge in [-0.2, -0.15) is 0 Å². The summed E-state index contributed by atoms with van der Waals surface area (Å²) in [5.41, 5.74) is 3.44. The Morgan fingerprint density at radius 1 is 1.33 bits per heavy atom. The van der Waals surface area contributed by atoms with E-state index in [0.29, 0.717) is 11.4 Å². The smallest absolute Gasteiger partial charge is 0.229 e. The van der Waals surface area contributed by atoms with Crippen molar-refractivity contribution in [3.63, 3.8) is 0 Å². The van der Waals surface area contributed by atoms with Crippen molar-refractivity contribution in [2.24, 2.45) is 10.8 Å². The molecule has 0 amide bonds. The van der Waals surface area contributed by atoms with Gasteiger partial charge in [-0.3, -0.25) is 4.72 Å². The number of anilines is 1. The molecule has 0 bridgehead atoms. The third kappa shape index (κ3) is 4.43. The predicted molar refractivity (Wildman–Crippen MR) is 60.4 cm³/mol. The molecule has 1 aromatic carbocycles. The van der Waals surface area contributed by atoms with Crippen LogP contribution in [0.25, 0.3) is 0 Å². The van der Waals surface area contributed by atoms with Crippen molar-refractivity contribution in [1.29, 1.82) is 0 Å². The van der Waals surface area contributed by atoms with Gasteiger partial charge in [0.2, 0.25) is 10.0 Å². The van der Waals surface area contributed by atoms with Gasteiger partial charge in [-0.1, -0.05) is 0 Å². The molecule has 0 saturated carbocycles. The third-order valence-corrected chi connectivity index (χ3v) is 2.07. The van der Waals surface area contributed by atoms with Gasteiger partial charge in [-0.25, -0.2) is 19.3 Å². The largest absolute Gasteiger partial charge is 0.315 e. The molecule has 6 nitrogen and oxygen atoms in total. The monoisotopic (exact) mass is 228 g/mol. The fourth-order valence-electron chi connectivity index (χ4n) is 0.941. The number of nitrogens with zero attached hydrogens (tertiary/aromatic N) is 1. The second kappa shape index (κ2) is 4.76. The van der Waals surface area contributed by atoms with Crippen LogP contribution in [0.4, 0.5) is 11.4 Å². The maximum atomic E-state index is 10.9. The van der Waals surface area contributed by atoms with E-state index in [0.717, 1.165) is 6.26 Å². The first-order valence-corrected chi connectivity index (χ1v) is 5.97. The molecule has 0 saturated heterocycles. The van der Waals surface area contributed by atoms with Gasteiger partial charge in [0.25, 0.3) is 0 Å². The van der Waals surface area contributed by atoms with Gasteiger partial charge in [0.1, 0.15) is 6.34 Å². The zero-order chi connectivity index (χ0) is 11.3. The minimum absolute atomic E-state index is 0.497. The molecule has 0 atom stereocenters. The average molecular weight is 228 g/mol. The molecule has 0 aliphatic heterocycles. The van der Waals surface area contributed by atoms with E-state index in [9.17, 15) is 8.42 Å². The Morgan fingerprint density at radius 2 is 1.93 bits per heavy atom. The first-order valence-electron chi connectivity index (χ1n) is 4.08. The topological polar surface area (TPSA) is 96.6 Å². The zero-order valence-corrected chi connectivity index (χ0v) is 8.95. The van der Waals surface area contributed by atoms with E-state index >= 15 is 0 Å². The Hall–Kier alpha value is -1.60. The molecule has 0 aromatic heterocycles. The molecule has 4 N–H and O–H groups in total. The second-order valence-electron chi connectivity index (χ2n) is 2.85. The molecule has 0 aliphatic carbocycles. The lowest BCUT2D eigenvalue weighted by Gasteiger charge is -2.03. The minimum atomic E-state index is -3.23. The Morgan fingerprint density at radius 3 is 2.40 bits per heavy atom. The molecule has 0 unspecified atom stereocenters. The summed E-state index contributed by atoms with van der Waals surface area (Å²) >= 11 is 0. The Bertz CT molecular complexity index is 438. The summed E-state index contributed by atoms with van der Waals surface area (Å²) < 4.78 is 24.1. The number of aliphatic imine (C=N–C) groups is 1. The van der Waals surface area contributed by atoms with Crippen LogP contribution in [-0.4, -0.2) is 21.0 Å². The highest BCUT2D eigenvalue weighted by molar-refractivity contribution is 7.92. The van der Waals surface area contributed by atoms with Crippen LogP contribution in [0, 0.1) is 0 Å². The van der Waals surface area contributed by atoms with Crippen molar-refractivity contribution >= 4 is 27.7 Å². The van der Waals surface area contributed by atoms with E-state index in [1.165, 1.54) is 6.34 Å². The van der Waals surface area contributed by atoms with E-state index in [4.69, 9.17) is 5.84 Å². The van der Waals surface area contributed by atoms with Gasteiger partial charge in [-0.15, -0.1) is 0 Å². The molecule has 15 heavy (non-hydrogen) atoms. The summed E-state index contributed by atoms with van der Waals surface area (Å²) in [6.45, 7) is 0. The van der Waals surface area contributed by atoms with Crippen molar-refractivity contribution < 1.29 is 8.42 Å². The molecule has 1 aromatic rings. The number of hydrogen-bond donors (Lipinski definition) is 3. The van der Waals surface area contributed by atoms with Crippen molar-refractivity contribution in [3.05, 3.63) is 24.3 Å².